The topological polar surface area (TPSA) is 93.1 Å². The molecule has 0 spiro atoms. The van der Waals surface area contributed by atoms with Gasteiger partial charge < -0.3 is 20.4 Å². The number of piperazine rings is 1. The Balaban J connectivity index is 1.63. The van der Waals surface area contributed by atoms with Crippen molar-refractivity contribution in [2.24, 2.45) is 0 Å². The molecule has 1 aromatic carbocycles. The Labute approximate surface area is 172 Å². The molecule has 2 amide bonds. The number of aliphatic hydroxyl groups is 1. The fourth-order valence-electron chi connectivity index (χ4n) is 4.32. The van der Waals surface area contributed by atoms with Crippen LogP contribution >= 0.6 is 0 Å². The SMILES string of the molecule is CC(=O)N1CCN([C@@H]2CC[C@@H](NC(=O)c3cc(C(C)(C)C)ccc3O)[C@H]2O)CC1. The Morgan fingerprint density at radius 2 is 1.76 bits per heavy atom. The minimum absolute atomic E-state index is 0.0242. The average Bonchev–Trinajstić information content (AvgIpc) is 3.01. The summed E-state index contributed by atoms with van der Waals surface area (Å²) in [5.41, 5.74) is 1.07. The molecule has 1 saturated heterocycles. The number of phenols is 1. The molecule has 29 heavy (non-hydrogen) atoms. The molecule has 1 aliphatic heterocycles. The third kappa shape index (κ3) is 4.73. The summed E-state index contributed by atoms with van der Waals surface area (Å²) in [6.07, 6.45) is 0.806. The number of nitrogens with one attached hydrogen (secondary N) is 1. The van der Waals surface area contributed by atoms with Crippen LogP contribution in [0.3, 0.4) is 0 Å². The van der Waals surface area contributed by atoms with Crippen molar-refractivity contribution in [1.29, 1.82) is 0 Å². The second-order valence-corrected chi connectivity index (χ2v) is 9.24. The summed E-state index contributed by atoms with van der Waals surface area (Å²) in [7, 11) is 0. The smallest absolute Gasteiger partial charge is 0.255 e. The zero-order chi connectivity index (χ0) is 21.3. The molecule has 3 rings (SSSR count). The largest absolute Gasteiger partial charge is 0.507 e. The van der Waals surface area contributed by atoms with Crippen molar-refractivity contribution in [2.75, 3.05) is 26.2 Å². The molecule has 1 heterocycles. The molecule has 0 bridgehead atoms. The lowest BCUT2D eigenvalue weighted by Gasteiger charge is -2.39. The Kier molecular flexibility index (Phi) is 6.19. The first-order valence-electron chi connectivity index (χ1n) is 10.4. The first-order valence-corrected chi connectivity index (χ1v) is 10.4. The van der Waals surface area contributed by atoms with Crippen molar-refractivity contribution in [3.8, 4) is 5.75 Å². The molecule has 2 fully saturated rings. The summed E-state index contributed by atoms with van der Waals surface area (Å²) >= 11 is 0. The lowest BCUT2D eigenvalue weighted by atomic mass is 9.86. The van der Waals surface area contributed by atoms with Crippen molar-refractivity contribution < 1.29 is 19.8 Å². The van der Waals surface area contributed by atoms with Crippen molar-refractivity contribution in [3.63, 3.8) is 0 Å². The number of carbonyl (C=O) groups is 2. The summed E-state index contributed by atoms with van der Waals surface area (Å²) in [5, 5.41) is 23.9. The van der Waals surface area contributed by atoms with Gasteiger partial charge in [-0.15, -0.1) is 0 Å². The number of carbonyl (C=O) groups excluding carboxylic acids is 2. The van der Waals surface area contributed by atoms with E-state index in [0.717, 1.165) is 25.1 Å². The second-order valence-electron chi connectivity index (χ2n) is 9.24. The van der Waals surface area contributed by atoms with Gasteiger partial charge in [0.2, 0.25) is 5.91 Å². The van der Waals surface area contributed by atoms with E-state index in [1.807, 2.05) is 11.0 Å². The van der Waals surface area contributed by atoms with Gasteiger partial charge in [0.25, 0.3) is 5.91 Å². The average molecular weight is 404 g/mol. The highest BCUT2D eigenvalue weighted by Crippen LogP contribution is 2.29. The van der Waals surface area contributed by atoms with Gasteiger partial charge in [0, 0.05) is 39.1 Å². The molecule has 3 atom stereocenters. The predicted molar refractivity (Wildman–Crippen MR) is 111 cm³/mol. The molecule has 1 aliphatic carbocycles. The van der Waals surface area contributed by atoms with E-state index in [9.17, 15) is 19.8 Å². The number of benzene rings is 1. The van der Waals surface area contributed by atoms with Crippen molar-refractivity contribution >= 4 is 11.8 Å². The molecule has 0 radical (unpaired) electrons. The summed E-state index contributed by atoms with van der Waals surface area (Å²) in [4.78, 5) is 28.3. The van der Waals surface area contributed by atoms with Crippen LogP contribution in [0.1, 0.15) is 56.5 Å². The van der Waals surface area contributed by atoms with E-state index in [1.54, 1.807) is 19.1 Å². The summed E-state index contributed by atoms with van der Waals surface area (Å²) in [6, 6.07) is 4.73. The minimum Gasteiger partial charge on any atom is -0.507 e. The van der Waals surface area contributed by atoms with E-state index < -0.39 is 6.10 Å². The highest BCUT2D eigenvalue weighted by Gasteiger charge is 2.40. The van der Waals surface area contributed by atoms with Crippen LogP contribution in [0.5, 0.6) is 5.75 Å². The first kappa shape index (κ1) is 21.6. The Bertz CT molecular complexity index is 766. The Morgan fingerprint density at radius 3 is 2.34 bits per heavy atom. The fourth-order valence-corrected chi connectivity index (χ4v) is 4.32. The van der Waals surface area contributed by atoms with Crippen LogP contribution in [0.4, 0.5) is 0 Å². The van der Waals surface area contributed by atoms with Crippen LogP contribution in [0.15, 0.2) is 18.2 Å². The number of amides is 2. The van der Waals surface area contributed by atoms with Crippen LogP contribution < -0.4 is 5.32 Å². The molecular weight excluding hydrogens is 370 g/mol. The maximum Gasteiger partial charge on any atom is 0.255 e. The molecule has 7 nitrogen and oxygen atoms in total. The van der Waals surface area contributed by atoms with Crippen molar-refractivity contribution in [3.05, 3.63) is 29.3 Å². The van der Waals surface area contributed by atoms with Gasteiger partial charge in [0.15, 0.2) is 0 Å². The molecule has 0 unspecified atom stereocenters. The lowest BCUT2D eigenvalue weighted by Crippen LogP contribution is -2.55. The molecule has 0 aromatic heterocycles. The maximum absolute atomic E-state index is 12.8. The highest BCUT2D eigenvalue weighted by molar-refractivity contribution is 5.97. The van der Waals surface area contributed by atoms with Crippen LogP contribution in [0.25, 0.3) is 0 Å². The van der Waals surface area contributed by atoms with Gasteiger partial charge in [-0.2, -0.15) is 0 Å². The quantitative estimate of drug-likeness (QED) is 0.711. The minimum atomic E-state index is -0.671. The summed E-state index contributed by atoms with van der Waals surface area (Å²) < 4.78 is 0. The number of phenolic OH excluding ortho intramolecular Hbond substituents is 1. The van der Waals surface area contributed by atoms with Crippen molar-refractivity contribution in [2.45, 2.75) is 64.1 Å². The maximum atomic E-state index is 12.8. The van der Waals surface area contributed by atoms with E-state index in [-0.39, 0.29) is 40.6 Å². The third-order valence-electron chi connectivity index (χ3n) is 6.23. The number of hydrogen-bond donors (Lipinski definition) is 3. The van der Waals surface area contributed by atoms with E-state index in [4.69, 9.17) is 0 Å². The molecular formula is C22H33N3O4. The van der Waals surface area contributed by atoms with E-state index in [2.05, 4.69) is 31.0 Å². The fraction of sp³-hybridized carbons (Fsp3) is 0.636. The van der Waals surface area contributed by atoms with Crippen molar-refractivity contribution in [1.82, 2.24) is 15.1 Å². The lowest BCUT2D eigenvalue weighted by molar-refractivity contribution is -0.131. The zero-order valence-electron chi connectivity index (χ0n) is 17.8. The Hall–Kier alpha value is -2.12. The number of hydrogen-bond acceptors (Lipinski definition) is 5. The number of nitrogens with zero attached hydrogens (tertiary/aromatic N) is 2. The van der Waals surface area contributed by atoms with Crippen LogP contribution in [0, 0.1) is 0 Å². The summed E-state index contributed by atoms with van der Waals surface area (Å²) in [6.45, 7) is 10.5. The normalized spacial score (nSPS) is 25.8. The molecule has 7 heteroatoms. The Morgan fingerprint density at radius 1 is 1.10 bits per heavy atom. The van der Waals surface area contributed by atoms with E-state index >= 15 is 0 Å². The third-order valence-corrected chi connectivity index (χ3v) is 6.23. The molecule has 160 valence electrons. The van der Waals surface area contributed by atoms with Gasteiger partial charge in [0.1, 0.15) is 5.75 Å². The number of rotatable bonds is 3. The second kappa shape index (κ2) is 8.32. The standard InChI is InChI=1S/C22H33N3O4/c1-14(26)24-9-11-25(12-10-24)18-7-6-17(20(18)28)23-21(29)16-13-15(22(2,3)4)5-8-19(16)27/h5,8,13,17-18,20,27-28H,6-7,9-12H2,1-4H3,(H,23,29)/t17-,18-,20-/m1/s1. The molecule has 1 aromatic rings. The highest BCUT2D eigenvalue weighted by atomic mass is 16.3. The van der Waals surface area contributed by atoms with Gasteiger partial charge in [-0.3, -0.25) is 14.5 Å². The van der Waals surface area contributed by atoms with Crippen LogP contribution in [0.2, 0.25) is 0 Å². The van der Waals surface area contributed by atoms with Gasteiger partial charge in [-0.05, 0) is 36.0 Å². The zero-order valence-corrected chi connectivity index (χ0v) is 17.8. The first-order chi connectivity index (χ1) is 13.6. The van der Waals surface area contributed by atoms with Crippen LogP contribution in [-0.4, -0.2) is 76.2 Å². The predicted octanol–water partition coefficient (Wildman–Crippen LogP) is 1.48. The van der Waals surface area contributed by atoms with E-state index in [0.29, 0.717) is 19.5 Å². The number of aliphatic hydroxyl groups excluding tert-OH is 1. The molecule has 2 aliphatic rings. The van der Waals surface area contributed by atoms with E-state index in [1.165, 1.54) is 0 Å². The van der Waals surface area contributed by atoms with Crippen LogP contribution in [-0.2, 0) is 10.2 Å². The number of aromatic hydroxyl groups is 1. The summed E-state index contributed by atoms with van der Waals surface area (Å²) in [5.74, 6) is -0.335. The van der Waals surface area contributed by atoms with Gasteiger partial charge in [-0.25, -0.2) is 0 Å². The van der Waals surface area contributed by atoms with Gasteiger partial charge in [-0.1, -0.05) is 26.8 Å². The van der Waals surface area contributed by atoms with Gasteiger partial charge >= 0.3 is 0 Å². The molecule has 1 saturated carbocycles. The molecule has 3 N–H and O–H groups in total. The monoisotopic (exact) mass is 403 g/mol. The van der Waals surface area contributed by atoms with Gasteiger partial charge in [0.05, 0.1) is 17.7 Å².